The number of carboxylic acid groups (broad SMARTS) is 1. The first-order chi connectivity index (χ1) is 8.47. The number of amides is 3. The molecular formula is C10H19N3O4S. The molecule has 0 aromatic rings. The monoisotopic (exact) mass is 277 g/mol. The highest BCUT2D eigenvalue weighted by atomic mass is 32.1. The second kappa shape index (κ2) is 9.58. The summed E-state index contributed by atoms with van der Waals surface area (Å²) in [5.74, 6) is -1.96. The number of thiol groups is 1. The van der Waals surface area contributed by atoms with E-state index in [1.807, 2.05) is 0 Å². The number of carboxylic acids is 1. The number of carbonyl (C=O) groups is 3. The Morgan fingerprint density at radius 1 is 1.17 bits per heavy atom. The zero-order chi connectivity index (χ0) is 14.0. The summed E-state index contributed by atoms with van der Waals surface area (Å²) in [6.07, 6.45) is 1.31. The van der Waals surface area contributed by atoms with Gasteiger partial charge < -0.3 is 21.5 Å². The SMILES string of the molecule is NC(=O)NCCCCNC(=O)CC(CS)C(=O)O. The van der Waals surface area contributed by atoms with Gasteiger partial charge in [-0.05, 0) is 12.8 Å². The Morgan fingerprint density at radius 2 is 1.72 bits per heavy atom. The van der Waals surface area contributed by atoms with E-state index in [4.69, 9.17) is 10.8 Å². The number of nitrogens with one attached hydrogen (secondary N) is 2. The van der Waals surface area contributed by atoms with Gasteiger partial charge in [-0.1, -0.05) is 0 Å². The van der Waals surface area contributed by atoms with Crippen molar-refractivity contribution >= 4 is 30.5 Å². The van der Waals surface area contributed by atoms with Crippen molar-refractivity contribution < 1.29 is 19.5 Å². The molecule has 0 aliphatic carbocycles. The van der Waals surface area contributed by atoms with Crippen LogP contribution in [0.25, 0.3) is 0 Å². The molecule has 0 saturated carbocycles. The number of hydrogen-bond donors (Lipinski definition) is 5. The van der Waals surface area contributed by atoms with Crippen LogP contribution in [0.5, 0.6) is 0 Å². The minimum absolute atomic E-state index is 0.0711. The normalized spacial score (nSPS) is 11.6. The standard InChI is InChI=1S/C10H19N3O4S/c11-10(17)13-4-2-1-3-12-8(14)5-7(6-18)9(15)16/h7,18H,1-6H2,(H,12,14)(H,15,16)(H3,11,13,17). The fourth-order valence-corrected chi connectivity index (χ4v) is 1.50. The predicted octanol–water partition coefficient (Wildman–Crippen LogP) is -0.428. The number of primary amides is 1. The van der Waals surface area contributed by atoms with Crippen LogP contribution >= 0.6 is 12.6 Å². The van der Waals surface area contributed by atoms with Crippen molar-refractivity contribution in [2.24, 2.45) is 11.7 Å². The highest BCUT2D eigenvalue weighted by Gasteiger charge is 2.18. The number of rotatable bonds is 9. The number of nitrogens with two attached hydrogens (primary N) is 1. The summed E-state index contributed by atoms with van der Waals surface area (Å²) in [6.45, 7) is 0.901. The molecule has 0 aliphatic rings. The minimum Gasteiger partial charge on any atom is -0.481 e. The Kier molecular flexibility index (Phi) is 8.81. The second-order valence-corrected chi connectivity index (χ2v) is 4.14. The molecule has 0 aliphatic heterocycles. The average molecular weight is 277 g/mol. The van der Waals surface area contributed by atoms with E-state index in [0.29, 0.717) is 25.9 Å². The van der Waals surface area contributed by atoms with Crippen molar-refractivity contribution in [1.29, 1.82) is 0 Å². The first-order valence-electron chi connectivity index (χ1n) is 5.61. The summed E-state index contributed by atoms with van der Waals surface area (Å²) in [4.78, 5) is 32.4. The topological polar surface area (TPSA) is 122 Å². The first-order valence-corrected chi connectivity index (χ1v) is 6.24. The molecule has 0 heterocycles. The quantitative estimate of drug-likeness (QED) is 0.290. The van der Waals surface area contributed by atoms with Gasteiger partial charge in [0, 0.05) is 25.3 Å². The van der Waals surface area contributed by atoms with E-state index in [2.05, 4.69) is 23.3 Å². The van der Waals surface area contributed by atoms with Gasteiger partial charge in [-0.3, -0.25) is 9.59 Å². The van der Waals surface area contributed by atoms with E-state index in [1.165, 1.54) is 0 Å². The molecule has 18 heavy (non-hydrogen) atoms. The van der Waals surface area contributed by atoms with Crippen LogP contribution in [0.3, 0.4) is 0 Å². The lowest BCUT2D eigenvalue weighted by Gasteiger charge is -2.09. The third-order valence-electron chi connectivity index (χ3n) is 2.23. The molecule has 7 nitrogen and oxygen atoms in total. The van der Waals surface area contributed by atoms with Crippen LogP contribution in [0, 0.1) is 5.92 Å². The molecule has 0 aromatic carbocycles. The van der Waals surface area contributed by atoms with Crippen LogP contribution < -0.4 is 16.4 Å². The van der Waals surface area contributed by atoms with Crippen LogP contribution in [-0.2, 0) is 9.59 Å². The Balaban J connectivity index is 3.59. The van der Waals surface area contributed by atoms with E-state index < -0.39 is 17.9 Å². The molecule has 0 bridgehead atoms. The van der Waals surface area contributed by atoms with Gasteiger partial charge in [0.1, 0.15) is 0 Å². The van der Waals surface area contributed by atoms with Crippen molar-refractivity contribution in [3.05, 3.63) is 0 Å². The molecule has 0 saturated heterocycles. The number of hydrogen-bond acceptors (Lipinski definition) is 4. The fourth-order valence-electron chi connectivity index (χ4n) is 1.22. The lowest BCUT2D eigenvalue weighted by molar-refractivity contribution is -0.143. The number of unbranched alkanes of at least 4 members (excludes halogenated alkanes) is 1. The number of urea groups is 1. The van der Waals surface area contributed by atoms with Gasteiger partial charge in [0.15, 0.2) is 0 Å². The van der Waals surface area contributed by atoms with Gasteiger partial charge in [0.05, 0.1) is 5.92 Å². The zero-order valence-corrected chi connectivity index (χ0v) is 10.9. The molecule has 8 heteroatoms. The van der Waals surface area contributed by atoms with Gasteiger partial charge in [-0.2, -0.15) is 12.6 Å². The third-order valence-corrected chi connectivity index (χ3v) is 2.67. The Hall–Kier alpha value is -1.44. The van der Waals surface area contributed by atoms with E-state index in [-0.39, 0.29) is 18.1 Å². The molecule has 0 radical (unpaired) electrons. The summed E-state index contributed by atoms with van der Waals surface area (Å²) in [5, 5.41) is 13.8. The second-order valence-electron chi connectivity index (χ2n) is 3.77. The molecule has 1 unspecified atom stereocenters. The lowest BCUT2D eigenvalue weighted by atomic mass is 10.1. The van der Waals surface area contributed by atoms with E-state index in [0.717, 1.165) is 0 Å². The predicted molar refractivity (Wildman–Crippen MR) is 69.4 cm³/mol. The Labute approximate surface area is 111 Å². The number of carbonyl (C=O) groups excluding carboxylic acids is 2. The van der Waals surface area contributed by atoms with Gasteiger partial charge in [-0.25, -0.2) is 4.79 Å². The Morgan fingerprint density at radius 3 is 2.17 bits per heavy atom. The van der Waals surface area contributed by atoms with Crippen LogP contribution in [0.2, 0.25) is 0 Å². The molecule has 0 rings (SSSR count). The van der Waals surface area contributed by atoms with Crippen molar-refractivity contribution in [3.63, 3.8) is 0 Å². The van der Waals surface area contributed by atoms with Crippen LogP contribution in [0.15, 0.2) is 0 Å². The van der Waals surface area contributed by atoms with Gasteiger partial charge in [0.2, 0.25) is 5.91 Å². The van der Waals surface area contributed by atoms with Crippen LogP contribution in [0.1, 0.15) is 19.3 Å². The summed E-state index contributed by atoms with van der Waals surface area (Å²) in [6, 6.07) is -0.572. The molecule has 0 spiro atoms. The maximum absolute atomic E-state index is 11.4. The van der Waals surface area contributed by atoms with Gasteiger partial charge >= 0.3 is 12.0 Å². The molecule has 0 fully saturated rings. The van der Waals surface area contributed by atoms with Gasteiger partial charge in [0.25, 0.3) is 0 Å². The number of aliphatic carboxylic acids is 1. The zero-order valence-electron chi connectivity index (χ0n) is 10.0. The molecule has 1 atom stereocenters. The first kappa shape index (κ1) is 16.6. The maximum atomic E-state index is 11.4. The molecule has 104 valence electrons. The fraction of sp³-hybridized carbons (Fsp3) is 0.700. The van der Waals surface area contributed by atoms with Crippen LogP contribution in [-0.4, -0.2) is 41.9 Å². The van der Waals surface area contributed by atoms with Crippen LogP contribution in [0.4, 0.5) is 4.79 Å². The van der Waals surface area contributed by atoms with Gasteiger partial charge in [-0.15, -0.1) is 0 Å². The van der Waals surface area contributed by atoms with E-state index in [9.17, 15) is 14.4 Å². The average Bonchev–Trinajstić information content (AvgIpc) is 2.29. The van der Waals surface area contributed by atoms with Crippen molar-refractivity contribution in [1.82, 2.24) is 10.6 Å². The highest BCUT2D eigenvalue weighted by molar-refractivity contribution is 7.80. The summed E-state index contributed by atoms with van der Waals surface area (Å²) in [7, 11) is 0. The summed E-state index contributed by atoms with van der Waals surface area (Å²) < 4.78 is 0. The summed E-state index contributed by atoms with van der Waals surface area (Å²) >= 11 is 3.87. The lowest BCUT2D eigenvalue weighted by Crippen LogP contribution is -2.32. The largest absolute Gasteiger partial charge is 0.481 e. The van der Waals surface area contributed by atoms with Crippen molar-refractivity contribution in [2.75, 3.05) is 18.8 Å². The van der Waals surface area contributed by atoms with E-state index in [1.54, 1.807) is 0 Å². The Bertz CT molecular complexity index is 299. The summed E-state index contributed by atoms with van der Waals surface area (Å²) in [5.41, 5.74) is 4.87. The smallest absolute Gasteiger partial charge is 0.312 e. The highest BCUT2D eigenvalue weighted by Crippen LogP contribution is 2.05. The molecule has 3 amide bonds. The molecule has 0 aromatic heterocycles. The minimum atomic E-state index is -1.02. The van der Waals surface area contributed by atoms with Crippen molar-refractivity contribution in [2.45, 2.75) is 19.3 Å². The molecular weight excluding hydrogens is 258 g/mol. The molecule has 5 N–H and O–H groups in total. The van der Waals surface area contributed by atoms with E-state index >= 15 is 0 Å². The van der Waals surface area contributed by atoms with Crippen molar-refractivity contribution in [3.8, 4) is 0 Å². The third kappa shape index (κ3) is 8.68. The maximum Gasteiger partial charge on any atom is 0.312 e.